The van der Waals surface area contributed by atoms with Crippen molar-refractivity contribution in [2.24, 2.45) is 0 Å². The van der Waals surface area contributed by atoms with E-state index in [2.05, 4.69) is 14.7 Å². The maximum atomic E-state index is 12.5. The Morgan fingerprint density at radius 1 is 1.20 bits per heavy atom. The highest BCUT2D eigenvalue weighted by Gasteiger charge is 2.31. The predicted octanol–water partition coefficient (Wildman–Crippen LogP) is 3.29. The average molecular weight is 351 g/mol. The van der Waals surface area contributed by atoms with Gasteiger partial charge in [-0.2, -0.15) is 4.98 Å². The van der Waals surface area contributed by atoms with E-state index in [9.17, 15) is 18.0 Å². The van der Waals surface area contributed by atoms with Gasteiger partial charge in [-0.25, -0.2) is 4.98 Å². The summed E-state index contributed by atoms with van der Waals surface area (Å²) < 4.78 is 48.0. The normalized spacial score (nSPS) is 14.5. The SMILES string of the molecule is O=c1c2nc(-c3cccc(OC(F)(F)F)c3)oc2nc2n1CCCC2. The second-order valence-corrected chi connectivity index (χ2v) is 5.69. The van der Waals surface area contributed by atoms with Crippen molar-refractivity contribution in [2.45, 2.75) is 32.2 Å². The summed E-state index contributed by atoms with van der Waals surface area (Å²) in [6, 6.07) is 5.23. The van der Waals surface area contributed by atoms with E-state index in [1.165, 1.54) is 18.2 Å². The Bertz CT molecular complexity index is 1010. The summed E-state index contributed by atoms with van der Waals surface area (Å²) >= 11 is 0. The van der Waals surface area contributed by atoms with Crippen LogP contribution in [0.4, 0.5) is 13.2 Å². The Kier molecular flexibility index (Phi) is 3.52. The first-order valence-electron chi connectivity index (χ1n) is 7.67. The Balaban J connectivity index is 1.79. The van der Waals surface area contributed by atoms with E-state index in [0.717, 1.165) is 18.9 Å². The second kappa shape index (κ2) is 5.61. The van der Waals surface area contributed by atoms with Gasteiger partial charge in [0.05, 0.1) is 0 Å². The number of ether oxygens (including phenoxy) is 1. The molecule has 0 saturated carbocycles. The third kappa shape index (κ3) is 2.97. The van der Waals surface area contributed by atoms with Crippen molar-refractivity contribution in [3.8, 4) is 17.2 Å². The van der Waals surface area contributed by atoms with Crippen molar-refractivity contribution >= 4 is 11.2 Å². The number of alkyl halides is 3. The molecular formula is C16H12F3N3O3. The van der Waals surface area contributed by atoms with Crippen molar-refractivity contribution in [1.82, 2.24) is 14.5 Å². The molecule has 0 radical (unpaired) electrons. The number of halogens is 3. The molecule has 0 spiro atoms. The van der Waals surface area contributed by atoms with Crippen LogP contribution >= 0.6 is 0 Å². The monoisotopic (exact) mass is 351 g/mol. The van der Waals surface area contributed by atoms with Gasteiger partial charge in [0, 0.05) is 18.5 Å². The fourth-order valence-corrected chi connectivity index (χ4v) is 2.87. The zero-order valence-electron chi connectivity index (χ0n) is 12.8. The third-order valence-corrected chi connectivity index (χ3v) is 3.95. The Morgan fingerprint density at radius 3 is 2.84 bits per heavy atom. The number of aryl methyl sites for hydroxylation is 1. The summed E-state index contributed by atoms with van der Waals surface area (Å²) in [4.78, 5) is 21.0. The predicted molar refractivity (Wildman–Crippen MR) is 81.1 cm³/mol. The fourth-order valence-electron chi connectivity index (χ4n) is 2.87. The van der Waals surface area contributed by atoms with Gasteiger partial charge in [-0.1, -0.05) is 6.07 Å². The van der Waals surface area contributed by atoms with Crippen LogP contribution in [-0.4, -0.2) is 20.9 Å². The van der Waals surface area contributed by atoms with E-state index in [0.29, 0.717) is 18.8 Å². The molecule has 0 fully saturated rings. The summed E-state index contributed by atoms with van der Waals surface area (Å²) in [6.45, 7) is 0.578. The van der Waals surface area contributed by atoms with Crippen LogP contribution < -0.4 is 10.3 Å². The molecule has 0 amide bonds. The minimum atomic E-state index is -4.79. The number of benzene rings is 1. The van der Waals surface area contributed by atoms with Gasteiger partial charge in [-0.3, -0.25) is 9.36 Å². The maximum absolute atomic E-state index is 12.5. The second-order valence-electron chi connectivity index (χ2n) is 5.69. The number of fused-ring (bicyclic) bond motifs is 2. The number of hydrogen-bond acceptors (Lipinski definition) is 5. The highest BCUT2D eigenvalue weighted by Crippen LogP contribution is 2.29. The summed E-state index contributed by atoms with van der Waals surface area (Å²) in [6.07, 6.45) is -2.28. The van der Waals surface area contributed by atoms with Crippen molar-refractivity contribution in [1.29, 1.82) is 0 Å². The van der Waals surface area contributed by atoms with Crippen LogP contribution in [0.1, 0.15) is 18.7 Å². The zero-order chi connectivity index (χ0) is 17.6. The van der Waals surface area contributed by atoms with Gasteiger partial charge in [-0.05, 0) is 31.0 Å². The molecule has 0 unspecified atom stereocenters. The standard InChI is InChI=1S/C16H12F3N3O3/c17-16(18,19)25-10-5-3-4-9(8-10)13-21-12-14(24-13)20-11-6-1-2-7-22(11)15(12)23/h3-5,8H,1-2,6-7H2. The van der Waals surface area contributed by atoms with Crippen molar-refractivity contribution < 1.29 is 22.3 Å². The molecule has 6 nitrogen and oxygen atoms in total. The third-order valence-electron chi connectivity index (χ3n) is 3.95. The Hall–Kier alpha value is -2.84. The number of hydrogen-bond donors (Lipinski definition) is 0. The van der Waals surface area contributed by atoms with Crippen molar-refractivity contribution in [3.05, 3.63) is 40.4 Å². The molecule has 130 valence electrons. The smallest absolute Gasteiger partial charge is 0.417 e. The van der Waals surface area contributed by atoms with Crippen LogP contribution in [0.5, 0.6) is 5.75 Å². The quantitative estimate of drug-likeness (QED) is 0.709. The van der Waals surface area contributed by atoms with E-state index in [1.807, 2.05) is 0 Å². The summed E-state index contributed by atoms with van der Waals surface area (Å²) in [7, 11) is 0. The lowest BCUT2D eigenvalue weighted by molar-refractivity contribution is -0.274. The van der Waals surface area contributed by atoms with Gasteiger partial charge in [-0.15, -0.1) is 13.2 Å². The van der Waals surface area contributed by atoms with Crippen LogP contribution in [0.2, 0.25) is 0 Å². The van der Waals surface area contributed by atoms with Crippen LogP contribution in [-0.2, 0) is 13.0 Å². The van der Waals surface area contributed by atoms with E-state index in [4.69, 9.17) is 4.42 Å². The largest absolute Gasteiger partial charge is 0.573 e. The lowest BCUT2D eigenvalue weighted by Gasteiger charge is -2.15. The Morgan fingerprint density at radius 2 is 2.04 bits per heavy atom. The lowest BCUT2D eigenvalue weighted by atomic mass is 10.1. The van der Waals surface area contributed by atoms with Gasteiger partial charge < -0.3 is 9.15 Å². The molecule has 9 heteroatoms. The van der Waals surface area contributed by atoms with Crippen molar-refractivity contribution in [3.63, 3.8) is 0 Å². The topological polar surface area (TPSA) is 70.2 Å². The molecule has 3 aromatic rings. The maximum Gasteiger partial charge on any atom is 0.573 e. The molecule has 0 bridgehead atoms. The highest BCUT2D eigenvalue weighted by atomic mass is 19.4. The van der Waals surface area contributed by atoms with Gasteiger partial charge in [0.15, 0.2) is 5.52 Å². The minimum absolute atomic E-state index is 0.0233. The van der Waals surface area contributed by atoms with Gasteiger partial charge in [0.1, 0.15) is 11.6 Å². The summed E-state index contributed by atoms with van der Waals surface area (Å²) in [5.41, 5.74) is 0.137. The van der Waals surface area contributed by atoms with Crippen LogP contribution in [0.3, 0.4) is 0 Å². The van der Waals surface area contributed by atoms with E-state index in [1.54, 1.807) is 4.57 Å². The zero-order valence-corrected chi connectivity index (χ0v) is 12.8. The van der Waals surface area contributed by atoms with Crippen LogP contribution in [0.25, 0.3) is 22.7 Å². The summed E-state index contributed by atoms with van der Waals surface area (Å²) in [5, 5.41) is 0. The first-order valence-corrected chi connectivity index (χ1v) is 7.67. The number of nitrogens with zero attached hydrogens (tertiary/aromatic N) is 3. The molecule has 0 N–H and O–H groups in total. The van der Waals surface area contributed by atoms with E-state index in [-0.39, 0.29) is 28.2 Å². The molecule has 0 saturated heterocycles. The number of oxazole rings is 1. The first-order chi connectivity index (χ1) is 11.9. The molecule has 4 rings (SSSR count). The molecule has 1 aromatic carbocycles. The Labute approximate surface area is 138 Å². The van der Waals surface area contributed by atoms with Crippen molar-refractivity contribution in [2.75, 3.05) is 0 Å². The van der Waals surface area contributed by atoms with Gasteiger partial charge in [0.25, 0.3) is 11.3 Å². The molecule has 3 heterocycles. The molecule has 1 aliphatic heterocycles. The molecule has 25 heavy (non-hydrogen) atoms. The van der Waals surface area contributed by atoms with E-state index >= 15 is 0 Å². The fraction of sp³-hybridized carbons (Fsp3) is 0.312. The molecular weight excluding hydrogens is 339 g/mol. The first kappa shape index (κ1) is 15.7. The van der Waals surface area contributed by atoms with Crippen LogP contribution in [0, 0.1) is 0 Å². The van der Waals surface area contributed by atoms with Gasteiger partial charge in [0.2, 0.25) is 5.89 Å². The van der Waals surface area contributed by atoms with Crippen LogP contribution in [0.15, 0.2) is 33.5 Å². The minimum Gasteiger partial charge on any atom is -0.417 e. The number of aromatic nitrogens is 3. The van der Waals surface area contributed by atoms with Gasteiger partial charge >= 0.3 is 6.36 Å². The molecule has 1 aliphatic rings. The number of rotatable bonds is 2. The molecule has 0 aliphatic carbocycles. The molecule has 2 aromatic heterocycles. The molecule has 0 atom stereocenters. The lowest BCUT2D eigenvalue weighted by Crippen LogP contribution is -2.28. The average Bonchev–Trinajstić information content (AvgIpc) is 2.98. The summed E-state index contributed by atoms with van der Waals surface area (Å²) in [5.74, 6) is 0.270. The van der Waals surface area contributed by atoms with E-state index < -0.39 is 12.1 Å². The highest BCUT2D eigenvalue weighted by molar-refractivity contribution is 5.72.